The van der Waals surface area contributed by atoms with Gasteiger partial charge in [0.15, 0.2) is 0 Å². The topological polar surface area (TPSA) is 58.6 Å². The van der Waals surface area contributed by atoms with Gasteiger partial charge in [-0.05, 0) is 37.7 Å². The number of rotatable bonds is 9. The van der Waals surface area contributed by atoms with Gasteiger partial charge in [-0.15, -0.1) is 0 Å². The first-order valence-corrected chi connectivity index (χ1v) is 9.36. The molecule has 0 aromatic heterocycles. The first-order chi connectivity index (χ1) is 11.5. The Kier molecular flexibility index (Phi) is 6.78. The van der Waals surface area contributed by atoms with Crippen LogP contribution >= 0.6 is 0 Å². The van der Waals surface area contributed by atoms with E-state index >= 15 is 0 Å². The molecule has 2 aromatic rings. The van der Waals surface area contributed by atoms with Crippen molar-refractivity contribution in [1.29, 1.82) is 0 Å². The number of nitrogens with one attached hydrogen (secondary N) is 1. The summed E-state index contributed by atoms with van der Waals surface area (Å²) in [5, 5.41) is 0. The van der Waals surface area contributed by atoms with Crippen molar-refractivity contribution in [2.45, 2.75) is 17.9 Å². The molecule has 0 heterocycles. The lowest BCUT2D eigenvalue weighted by Gasteiger charge is -2.17. The molecule has 0 aliphatic heterocycles. The Bertz CT molecular complexity index is 733. The maximum absolute atomic E-state index is 12.3. The fraction of sp³-hybridized carbons (Fsp3) is 0.333. The van der Waals surface area contributed by atoms with Crippen molar-refractivity contribution >= 4 is 10.0 Å². The summed E-state index contributed by atoms with van der Waals surface area (Å²) in [5.74, 6) is 0.353. The first kappa shape index (κ1) is 18.4. The Hall–Kier alpha value is -1.89. The van der Waals surface area contributed by atoms with Crippen LogP contribution in [-0.2, 0) is 16.6 Å². The van der Waals surface area contributed by atoms with Gasteiger partial charge in [-0.1, -0.05) is 42.5 Å². The number of sulfonamides is 1. The van der Waals surface area contributed by atoms with E-state index < -0.39 is 10.0 Å². The highest BCUT2D eigenvalue weighted by molar-refractivity contribution is 7.89. The third kappa shape index (κ3) is 5.33. The number of para-hydroxylation sites is 1. The van der Waals surface area contributed by atoms with Crippen LogP contribution in [0.25, 0.3) is 0 Å². The van der Waals surface area contributed by atoms with Crippen LogP contribution in [0.5, 0.6) is 5.75 Å². The monoisotopic (exact) mass is 348 g/mol. The molecule has 2 rings (SSSR count). The first-order valence-electron chi connectivity index (χ1n) is 7.88. The third-order valence-electron chi connectivity index (χ3n) is 3.66. The predicted molar refractivity (Wildman–Crippen MR) is 95.6 cm³/mol. The minimum atomic E-state index is -3.55. The maximum atomic E-state index is 12.3. The molecule has 2 aromatic carbocycles. The molecule has 1 N–H and O–H groups in total. The highest BCUT2D eigenvalue weighted by Crippen LogP contribution is 2.22. The predicted octanol–water partition coefficient (Wildman–Crippen LogP) is 2.50. The average Bonchev–Trinajstić information content (AvgIpc) is 2.59. The van der Waals surface area contributed by atoms with Crippen molar-refractivity contribution in [3.05, 3.63) is 60.2 Å². The zero-order chi connectivity index (χ0) is 17.4. The highest BCUT2D eigenvalue weighted by Gasteiger charge is 2.18. The van der Waals surface area contributed by atoms with Crippen molar-refractivity contribution in [2.24, 2.45) is 0 Å². The Labute approximate surface area is 144 Å². The van der Waals surface area contributed by atoms with E-state index in [-0.39, 0.29) is 4.90 Å². The molecule has 6 heteroatoms. The van der Waals surface area contributed by atoms with Crippen LogP contribution in [0.4, 0.5) is 0 Å². The summed E-state index contributed by atoms with van der Waals surface area (Å²) < 4.78 is 32.4. The molecule has 0 aliphatic rings. The van der Waals surface area contributed by atoms with Crippen molar-refractivity contribution in [1.82, 2.24) is 9.62 Å². The number of nitrogens with zero attached hydrogens (tertiary/aromatic N) is 1. The molecule has 0 fully saturated rings. The number of methoxy groups -OCH3 is 1. The van der Waals surface area contributed by atoms with Crippen LogP contribution in [0.1, 0.15) is 12.0 Å². The average molecular weight is 348 g/mol. The second-order valence-corrected chi connectivity index (χ2v) is 7.36. The van der Waals surface area contributed by atoms with E-state index in [2.05, 4.69) is 21.8 Å². The Morgan fingerprint density at radius 1 is 1.04 bits per heavy atom. The van der Waals surface area contributed by atoms with Gasteiger partial charge in [0.05, 0.1) is 7.11 Å². The van der Waals surface area contributed by atoms with Crippen LogP contribution < -0.4 is 9.46 Å². The summed E-state index contributed by atoms with van der Waals surface area (Å²) in [6.07, 6.45) is 0.734. The van der Waals surface area contributed by atoms with Crippen molar-refractivity contribution < 1.29 is 13.2 Å². The SMILES string of the molecule is COc1ccccc1S(=O)(=O)NCCCN(C)Cc1ccccc1. The molecule has 0 atom stereocenters. The number of ether oxygens (including phenoxy) is 1. The molecule has 0 saturated carbocycles. The Morgan fingerprint density at radius 3 is 2.42 bits per heavy atom. The van der Waals surface area contributed by atoms with Crippen molar-refractivity contribution in [3.63, 3.8) is 0 Å². The standard InChI is InChI=1S/C18H24N2O3S/c1-20(15-16-9-4-3-5-10-16)14-8-13-19-24(21,22)18-12-7-6-11-17(18)23-2/h3-7,9-12,19H,8,13-15H2,1-2H3. The molecule has 0 spiro atoms. The Morgan fingerprint density at radius 2 is 1.71 bits per heavy atom. The summed E-state index contributed by atoms with van der Waals surface area (Å²) >= 11 is 0. The molecule has 0 unspecified atom stereocenters. The van der Waals surface area contributed by atoms with Crippen molar-refractivity contribution in [2.75, 3.05) is 27.2 Å². The molecule has 0 saturated heterocycles. The van der Waals surface area contributed by atoms with Gasteiger partial charge in [-0.25, -0.2) is 13.1 Å². The van der Waals surface area contributed by atoms with Gasteiger partial charge < -0.3 is 9.64 Å². The molecule has 5 nitrogen and oxygen atoms in total. The second-order valence-electron chi connectivity index (χ2n) is 5.63. The maximum Gasteiger partial charge on any atom is 0.244 e. The summed E-state index contributed by atoms with van der Waals surface area (Å²) in [5.41, 5.74) is 1.25. The van der Waals surface area contributed by atoms with Gasteiger partial charge >= 0.3 is 0 Å². The van der Waals surface area contributed by atoms with Gasteiger partial charge in [-0.3, -0.25) is 0 Å². The van der Waals surface area contributed by atoms with E-state index in [4.69, 9.17) is 4.74 Å². The lowest BCUT2D eigenvalue weighted by molar-refractivity contribution is 0.322. The smallest absolute Gasteiger partial charge is 0.244 e. The van der Waals surface area contributed by atoms with Gasteiger partial charge in [0.2, 0.25) is 10.0 Å². The molecule has 0 radical (unpaired) electrons. The molecule has 0 amide bonds. The van der Waals surface area contributed by atoms with E-state index in [1.807, 2.05) is 25.2 Å². The van der Waals surface area contributed by atoms with E-state index in [1.54, 1.807) is 24.3 Å². The molecular formula is C18H24N2O3S. The summed E-state index contributed by atoms with van der Waals surface area (Å²) in [4.78, 5) is 2.34. The van der Waals surface area contributed by atoms with E-state index in [0.717, 1.165) is 19.5 Å². The van der Waals surface area contributed by atoms with Crippen LogP contribution in [0.2, 0.25) is 0 Å². The summed E-state index contributed by atoms with van der Waals surface area (Å²) in [6, 6.07) is 16.8. The number of benzene rings is 2. The number of hydrogen-bond donors (Lipinski definition) is 1. The van der Waals surface area contributed by atoms with Crippen LogP contribution in [-0.4, -0.2) is 40.6 Å². The zero-order valence-corrected chi connectivity index (χ0v) is 14.9. The lowest BCUT2D eigenvalue weighted by Crippen LogP contribution is -2.28. The second kappa shape index (κ2) is 8.82. The van der Waals surface area contributed by atoms with E-state index in [0.29, 0.717) is 12.3 Å². The van der Waals surface area contributed by atoms with E-state index in [1.165, 1.54) is 12.7 Å². The lowest BCUT2D eigenvalue weighted by atomic mass is 10.2. The third-order valence-corrected chi connectivity index (χ3v) is 5.16. The van der Waals surface area contributed by atoms with Crippen LogP contribution in [0.3, 0.4) is 0 Å². The fourth-order valence-corrected chi connectivity index (χ4v) is 3.69. The summed E-state index contributed by atoms with van der Waals surface area (Å²) in [7, 11) is -0.0587. The van der Waals surface area contributed by atoms with Crippen molar-refractivity contribution in [3.8, 4) is 5.75 Å². The minimum absolute atomic E-state index is 0.171. The fourth-order valence-electron chi connectivity index (χ4n) is 2.45. The molecule has 130 valence electrons. The highest BCUT2D eigenvalue weighted by atomic mass is 32.2. The number of hydrogen-bond acceptors (Lipinski definition) is 4. The van der Waals surface area contributed by atoms with Gasteiger partial charge in [0.1, 0.15) is 10.6 Å². The molecule has 0 aliphatic carbocycles. The van der Waals surface area contributed by atoms with Crippen LogP contribution in [0.15, 0.2) is 59.5 Å². The van der Waals surface area contributed by atoms with Gasteiger partial charge in [0.25, 0.3) is 0 Å². The normalized spacial score (nSPS) is 11.6. The van der Waals surface area contributed by atoms with Gasteiger partial charge in [0, 0.05) is 13.1 Å². The molecule has 24 heavy (non-hydrogen) atoms. The Balaban J connectivity index is 1.81. The largest absolute Gasteiger partial charge is 0.495 e. The van der Waals surface area contributed by atoms with E-state index in [9.17, 15) is 8.42 Å². The quantitative estimate of drug-likeness (QED) is 0.708. The van der Waals surface area contributed by atoms with Crippen LogP contribution in [0, 0.1) is 0 Å². The molecule has 0 bridgehead atoms. The zero-order valence-electron chi connectivity index (χ0n) is 14.1. The van der Waals surface area contributed by atoms with Gasteiger partial charge in [-0.2, -0.15) is 0 Å². The minimum Gasteiger partial charge on any atom is -0.495 e. The summed E-state index contributed by atoms with van der Waals surface area (Å²) in [6.45, 7) is 2.04. The molecular weight excluding hydrogens is 324 g/mol.